The van der Waals surface area contributed by atoms with Gasteiger partial charge in [0.25, 0.3) is 11.5 Å². The van der Waals surface area contributed by atoms with Gasteiger partial charge in [-0.05, 0) is 54.8 Å². The van der Waals surface area contributed by atoms with E-state index in [-0.39, 0.29) is 35.3 Å². The van der Waals surface area contributed by atoms with Crippen LogP contribution in [0.25, 0.3) is 11.2 Å². The Morgan fingerprint density at radius 1 is 1.03 bits per heavy atom. The summed E-state index contributed by atoms with van der Waals surface area (Å²) in [6, 6.07) is 10.0. The average Bonchev–Trinajstić information content (AvgIpc) is 3.28. The van der Waals surface area contributed by atoms with E-state index in [1.807, 2.05) is 0 Å². The van der Waals surface area contributed by atoms with E-state index in [1.165, 1.54) is 28.9 Å². The van der Waals surface area contributed by atoms with Gasteiger partial charge in [0.15, 0.2) is 11.2 Å². The summed E-state index contributed by atoms with van der Waals surface area (Å²) < 4.78 is 53.0. The van der Waals surface area contributed by atoms with Gasteiger partial charge < -0.3 is 9.88 Å². The number of hydrogen-bond donors (Lipinski definition) is 1. The summed E-state index contributed by atoms with van der Waals surface area (Å²) >= 11 is 0. The first-order chi connectivity index (χ1) is 17.2. The van der Waals surface area contributed by atoms with Crippen molar-refractivity contribution in [2.75, 3.05) is 13.1 Å². The Balaban J connectivity index is 1.30. The number of carbonyl (C=O) groups excluding carboxylic acids is 1. The number of hydrogen-bond acceptors (Lipinski definition) is 5. The standard InChI is InChI=1S/C24H20F4N6O2/c25-18-7-1-14(2-8-18)13-34-21-19(31-32-34)22(35)30-20(29-21)15-9-11-33(12-10-15)23(36)16-3-5-17(6-4-16)24(26,27)28/h1-8,15H,9-13H2,(H,29,30,35). The third-order valence-corrected chi connectivity index (χ3v) is 6.27. The molecule has 1 N–H and O–H groups in total. The van der Waals surface area contributed by atoms with Crippen molar-refractivity contribution < 1.29 is 22.4 Å². The number of carbonyl (C=O) groups is 1. The number of benzene rings is 2. The summed E-state index contributed by atoms with van der Waals surface area (Å²) in [6.07, 6.45) is -3.43. The van der Waals surface area contributed by atoms with Crippen LogP contribution in [0, 0.1) is 5.82 Å². The lowest BCUT2D eigenvalue weighted by atomic mass is 9.95. The molecule has 8 nitrogen and oxygen atoms in total. The van der Waals surface area contributed by atoms with Gasteiger partial charge in [-0.15, -0.1) is 5.10 Å². The number of piperidine rings is 1. The summed E-state index contributed by atoms with van der Waals surface area (Å²) in [5.74, 6) is -0.382. The molecule has 36 heavy (non-hydrogen) atoms. The lowest BCUT2D eigenvalue weighted by molar-refractivity contribution is -0.137. The third kappa shape index (κ3) is 4.70. The zero-order chi connectivity index (χ0) is 25.4. The van der Waals surface area contributed by atoms with Crippen LogP contribution in [0.3, 0.4) is 0 Å². The number of fused-ring (bicyclic) bond motifs is 1. The number of nitrogens with one attached hydrogen (secondary N) is 1. The van der Waals surface area contributed by atoms with Gasteiger partial charge in [0.05, 0.1) is 12.1 Å². The highest BCUT2D eigenvalue weighted by atomic mass is 19.4. The number of halogens is 4. The Morgan fingerprint density at radius 2 is 1.69 bits per heavy atom. The summed E-state index contributed by atoms with van der Waals surface area (Å²) in [5, 5.41) is 7.93. The number of amides is 1. The molecule has 12 heteroatoms. The van der Waals surface area contributed by atoms with Crippen LogP contribution in [-0.4, -0.2) is 48.9 Å². The maximum Gasteiger partial charge on any atom is 0.416 e. The highest BCUT2D eigenvalue weighted by Gasteiger charge is 2.31. The lowest BCUT2D eigenvalue weighted by Gasteiger charge is -2.31. The molecular formula is C24H20F4N6O2. The molecule has 0 saturated carbocycles. The molecule has 186 valence electrons. The molecule has 0 atom stereocenters. The van der Waals surface area contributed by atoms with Crippen molar-refractivity contribution in [1.82, 2.24) is 29.9 Å². The molecule has 3 heterocycles. The average molecular weight is 500 g/mol. The molecule has 4 aromatic rings. The Morgan fingerprint density at radius 3 is 2.33 bits per heavy atom. The van der Waals surface area contributed by atoms with Crippen LogP contribution in [0.2, 0.25) is 0 Å². The second-order valence-corrected chi connectivity index (χ2v) is 8.64. The van der Waals surface area contributed by atoms with Crippen molar-refractivity contribution in [2.24, 2.45) is 0 Å². The molecule has 1 fully saturated rings. The molecule has 5 rings (SSSR count). The van der Waals surface area contributed by atoms with Crippen molar-refractivity contribution in [2.45, 2.75) is 31.5 Å². The maximum absolute atomic E-state index is 13.2. The number of H-pyrrole nitrogens is 1. The molecule has 0 spiro atoms. The molecule has 1 amide bonds. The lowest BCUT2D eigenvalue weighted by Crippen LogP contribution is -2.38. The first-order valence-electron chi connectivity index (χ1n) is 11.2. The monoisotopic (exact) mass is 500 g/mol. The Hall–Kier alpha value is -4.09. The normalized spacial score (nSPS) is 14.9. The quantitative estimate of drug-likeness (QED) is 0.431. The first kappa shape index (κ1) is 23.6. The first-order valence-corrected chi connectivity index (χ1v) is 11.2. The van der Waals surface area contributed by atoms with E-state index < -0.39 is 17.3 Å². The number of aromatic nitrogens is 5. The van der Waals surface area contributed by atoms with Gasteiger partial charge in [0, 0.05) is 24.6 Å². The Kier molecular flexibility index (Phi) is 6.02. The molecule has 2 aromatic heterocycles. The van der Waals surface area contributed by atoms with Crippen LogP contribution in [0.1, 0.15) is 46.1 Å². The van der Waals surface area contributed by atoms with Gasteiger partial charge in [0.1, 0.15) is 11.6 Å². The second-order valence-electron chi connectivity index (χ2n) is 8.64. The van der Waals surface area contributed by atoms with E-state index in [2.05, 4.69) is 20.3 Å². The fourth-order valence-corrected chi connectivity index (χ4v) is 4.29. The van der Waals surface area contributed by atoms with E-state index in [0.29, 0.717) is 37.4 Å². The van der Waals surface area contributed by atoms with Crippen molar-refractivity contribution >= 4 is 17.1 Å². The van der Waals surface area contributed by atoms with Crippen molar-refractivity contribution in [3.05, 3.63) is 87.2 Å². The second kappa shape index (κ2) is 9.17. The van der Waals surface area contributed by atoms with Gasteiger partial charge in [-0.25, -0.2) is 14.1 Å². The Labute approximate surface area is 201 Å². The highest BCUT2D eigenvalue weighted by molar-refractivity contribution is 5.94. The number of nitrogens with zero attached hydrogens (tertiary/aromatic N) is 5. The molecule has 0 radical (unpaired) electrons. The molecule has 1 aliphatic rings. The van der Waals surface area contributed by atoms with Gasteiger partial charge in [-0.3, -0.25) is 9.59 Å². The smallest absolute Gasteiger partial charge is 0.339 e. The predicted octanol–water partition coefficient (Wildman–Crippen LogP) is 3.74. The van der Waals surface area contributed by atoms with Gasteiger partial charge >= 0.3 is 6.18 Å². The third-order valence-electron chi connectivity index (χ3n) is 6.27. The topological polar surface area (TPSA) is 96.8 Å². The van der Waals surface area contributed by atoms with Crippen molar-refractivity contribution in [1.29, 1.82) is 0 Å². The fraction of sp³-hybridized carbons (Fsp3) is 0.292. The van der Waals surface area contributed by atoms with Crippen LogP contribution < -0.4 is 5.56 Å². The number of aromatic amines is 1. The van der Waals surface area contributed by atoms with Crippen LogP contribution in [0.4, 0.5) is 17.6 Å². The predicted molar refractivity (Wildman–Crippen MR) is 121 cm³/mol. The number of likely N-dealkylation sites (tertiary alicyclic amines) is 1. The zero-order valence-corrected chi connectivity index (χ0v) is 18.8. The van der Waals surface area contributed by atoms with Crippen molar-refractivity contribution in [3.63, 3.8) is 0 Å². The molecule has 1 saturated heterocycles. The van der Waals surface area contributed by atoms with Crippen LogP contribution >= 0.6 is 0 Å². The van der Waals surface area contributed by atoms with Crippen LogP contribution in [0.15, 0.2) is 53.3 Å². The highest BCUT2D eigenvalue weighted by Crippen LogP contribution is 2.30. The minimum Gasteiger partial charge on any atom is -0.339 e. The van der Waals surface area contributed by atoms with Gasteiger partial charge in [-0.2, -0.15) is 13.2 Å². The molecular weight excluding hydrogens is 480 g/mol. The molecule has 0 unspecified atom stereocenters. The summed E-state index contributed by atoms with van der Waals surface area (Å²) in [5.41, 5.74) is 0.115. The van der Waals surface area contributed by atoms with Crippen LogP contribution in [0.5, 0.6) is 0 Å². The minimum atomic E-state index is -4.46. The Bertz CT molecular complexity index is 1450. The molecule has 1 aliphatic heterocycles. The number of rotatable bonds is 4. The SMILES string of the molecule is O=C(c1ccc(C(F)(F)F)cc1)N1CCC(c2nc3c(nnn3Cc3ccc(F)cc3)c(=O)[nH]2)CC1. The molecule has 0 aliphatic carbocycles. The largest absolute Gasteiger partial charge is 0.416 e. The van der Waals surface area contributed by atoms with Crippen molar-refractivity contribution in [3.8, 4) is 0 Å². The van der Waals surface area contributed by atoms with E-state index in [4.69, 9.17) is 0 Å². The number of alkyl halides is 3. The van der Waals surface area contributed by atoms with Gasteiger partial charge in [-0.1, -0.05) is 17.3 Å². The van der Waals surface area contributed by atoms with E-state index in [0.717, 1.165) is 17.7 Å². The zero-order valence-electron chi connectivity index (χ0n) is 18.8. The van der Waals surface area contributed by atoms with Gasteiger partial charge in [0.2, 0.25) is 0 Å². The molecule has 0 bridgehead atoms. The summed E-state index contributed by atoms with van der Waals surface area (Å²) in [7, 11) is 0. The van der Waals surface area contributed by atoms with E-state index in [1.54, 1.807) is 17.0 Å². The van der Waals surface area contributed by atoms with Crippen LogP contribution in [-0.2, 0) is 12.7 Å². The fourth-order valence-electron chi connectivity index (χ4n) is 4.29. The molecule has 2 aromatic carbocycles. The van der Waals surface area contributed by atoms with E-state index in [9.17, 15) is 27.2 Å². The summed E-state index contributed by atoms with van der Waals surface area (Å²) in [6.45, 7) is 0.978. The minimum absolute atomic E-state index is 0.0933. The van der Waals surface area contributed by atoms with E-state index >= 15 is 0 Å². The summed E-state index contributed by atoms with van der Waals surface area (Å²) in [4.78, 5) is 34.3. The maximum atomic E-state index is 13.2.